The minimum Gasteiger partial charge on any atom is -0.508 e. The SMILES string of the molecule is C#CN(C(=O)CNC(=O)OC(C)(C)C)C(C(=O)NC(C)C)c1cccc(O)c1. The molecular formula is C20H27N3O5. The van der Waals surface area contributed by atoms with Gasteiger partial charge in [0.25, 0.3) is 5.91 Å². The van der Waals surface area contributed by atoms with Crippen LogP contribution in [0, 0.1) is 12.5 Å². The summed E-state index contributed by atoms with van der Waals surface area (Å²) in [7, 11) is 0. The average Bonchev–Trinajstić information content (AvgIpc) is 2.55. The number of aromatic hydroxyl groups is 1. The van der Waals surface area contributed by atoms with E-state index in [1.54, 1.807) is 46.8 Å². The molecule has 8 nitrogen and oxygen atoms in total. The highest BCUT2D eigenvalue weighted by atomic mass is 16.6. The lowest BCUT2D eigenvalue weighted by atomic mass is 10.0. The van der Waals surface area contributed by atoms with Gasteiger partial charge in [-0.05, 0) is 52.3 Å². The number of amides is 3. The van der Waals surface area contributed by atoms with Crippen molar-refractivity contribution in [2.75, 3.05) is 6.54 Å². The summed E-state index contributed by atoms with van der Waals surface area (Å²) < 4.78 is 5.08. The van der Waals surface area contributed by atoms with Crippen LogP contribution < -0.4 is 10.6 Å². The van der Waals surface area contributed by atoms with Gasteiger partial charge in [0, 0.05) is 12.1 Å². The molecule has 0 fully saturated rings. The van der Waals surface area contributed by atoms with Crippen molar-refractivity contribution in [2.24, 2.45) is 0 Å². The van der Waals surface area contributed by atoms with E-state index in [0.717, 1.165) is 4.90 Å². The molecule has 28 heavy (non-hydrogen) atoms. The molecule has 0 saturated heterocycles. The van der Waals surface area contributed by atoms with Crippen molar-refractivity contribution in [3.63, 3.8) is 0 Å². The van der Waals surface area contributed by atoms with Gasteiger partial charge >= 0.3 is 6.09 Å². The molecule has 1 aromatic rings. The Bertz CT molecular complexity index is 762. The highest BCUT2D eigenvalue weighted by Gasteiger charge is 2.31. The predicted molar refractivity (Wildman–Crippen MR) is 104 cm³/mol. The topological polar surface area (TPSA) is 108 Å². The fraction of sp³-hybridized carbons (Fsp3) is 0.450. The number of nitrogens with one attached hydrogen (secondary N) is 2. The molecule has 1 aromatic carbocycles. The molecule has 0 heterocycles. The zero-order valence-corrected chi connectivity index (χ0v) is 16.8. The minimum absolute atomic E-state index is 0.0730. The number of phenols is 1. The molecule has 152 valence electrons. The van der Waals surface area contributed by atoms with Crippen LogP contribution in [0.5, 0.6) is 5.75 Å². The van der Waals surface area contributed by atoms with Crippen LogP contribution in [0.15, 0.2) is 24.3 Å². The Kier molecular flexibility index (Phi) is 7.87. The Balaban J connectivity index is 3.05. The summed E-state index contributed by atoms with van der Waals surface area (Å²) >= 11 is 0. The van der Waals surface area contributed by atoms with E-state index in [1.165, 1.54) is 12.1 Å². The third kappa shape index (κ3) is 7.19. The molecule has 0 aliphatic rings. The van der Waals surface area contributed by atoms with E-state index in [9.17, 15) is 19.5 Å². The number of hydrogen-bond acceptors (Lipinski definition) is 5. The Labute approximate surface area is 165 Å². The zero-order valence-electron chi connectivity index (χ0n) is 16.8. The Morgan fingerprint density at radius 3 is 2.43 bits per heavy atom. The molecule has 3 amide bonds. The van der Waals surface area contributed by atoms with Crippen molar-refractivity contribution in [3.05, 3.63) is 29.8 Å². The molecule has 0 aliphatic heterocycles. The summed E-state index contributed by atoms with van der Waals surface area (Å²) in [6.45, 7) is 8.15. The molecule has 3 N–H and O–H groups in total. The molecule has 1 atom stereocenters. The molecule has 0 bridgehead atoms. The average molecular weight is 389 g/mol. The molecule has 0 aliphatic carbocycles. The van der Waals surface area contributed by atoms with Crippen LogP contribution in [0.2, 0.25) is 0 Å². The van der Waals surface area contributed by atoms with E-state index < -0.39 is 36.1 Å². The molecule has 8 heteroatoms. The second-order valence-corrected chi connectivity index (χ2v) is 7.41. The maximum absolute atomic E-state index is 12.7. The third-order valence-electron chi connectivity index (χ3n) is 3.31. The summed E-state index contributed by atoms with van der Waals surface area (Å²) in [6.07, 6.45) is 4.72. The Morgan fingerprint density at radius 2 is 1.93 bits per heavy atom. The normalized spacial score (nSPS) is 11.9. The largest absolute Gasteiger partial charge is 0.508 e. The first-order chi connectivity index (χ1) is 12.9. The lowest BCUT2D eigenvalue weighted by Gasteiger charge is -2.27. The van der Waals surface area contributed by atoms with E-state index in [1.807, 2.05) is 0 Å². The molecule has 0 saturated carbocycles. The number of benzene rings is 1. The van der Waals surface area contributed by atoms with Gasteiger partial charge in [0.05, 0.1) is 0 Å². The van der Waals surface area contributed by atoms with Gasteiger partial charge in [-0.2, -0.15) is 0 Å². The van der Waals surface area contributed by atoms with E-state index in [2.05, 4.69) is 16.7 Å². The summed E-state index contributed by atoms with van der Waals surface area (Å²) in [5, 5.41) is 14.8. The molecular weight excluding hydrogens is 362 g/mol. The monoisotopic (exact) mass is 389 g/mol. The number of alkyl carbamates (subject to hydrolysis) is 1. The van der Waals surface area contributed by atoms with Crippen LogP contribution in [0.4, 0.5) is 4.79 Å². The first kappa shape index (κ1) is 22.8. The van der Waals surface area contributed by atoms with E-state index in [-0.39, 0.29) is 11.8 Å². The quantitative estimate of drug-likeness (QED) is 0.509. The van der Waals surface area contributed by atoms with Gasteiger partial charge in [-0.25, -0.2) is 4.79 Å². The number of hydrogen-bond donors (Lipinski definition) is 3. The van der Waals surface area contributed by atoms with Crippen LogP contribution in [-0.4, -0.2) is 46.1 Å². The second kappa shape index (κ2) is 9.65. The van der Waals surface area contributed by atoms with Gasteiger partial charge in [-0.3, -0.25) is 14.5 Å². The van der Waals surface area contributed by atoms with Gasteiger partial charge in [0.1, 0.15) is 23.9 Å². The Hall–Kier alpha value is -3.21. The summed E-state index contributed by atoms with van der Waals surface area (Å²) in [5.41, 5.74) is -0.387. The first-order valence-corrected chi connectivity index (χ1v) is 8.79. The van der Waals surface area contributed by atoms with Crippen LogP contribution in [0.3, 0.4) is 0 Å². The third-order valence-corrected chi connectivity index (χ3v) is 3.31. The zero-order chi connectivity index (χ0) is 21.5. The smallest absolute Gasteiger partial charge is 0.408 e. The Morgan fingerprint density at radius 1 is 1.29 bits per heavy atom. The van der Waals surface area contributed by atoms with Gasteiger partial charge < -0.3 is 20.5 Å². The maximum atomic E-state index is 12.7. The fourth-order valence-electron chi connectivity index (χ4n) is 2.31. The number of ether oxygens (including phenoxy) is 1. The summed E-state index contributed by atoms with van der Waals surface area (Å²) in [4.78, 5) is 38.0. The minimum atomic E-state index is -1.17. The highest BCUT2D eigenvalue weighted by Crippen LogP contribution is 2.24. The standard InChI is InChI=1S/C20H27N3O5/c1-7-23(16(25)12-21-19(27)28-20(4,5)6)17(18(26)22-13(2)3)14-9-8-10-15(24)11-14/h1,8-11,13,17,24H,12H2,2-6H3,(H,21,27)(H,22,26). The summed E-state index contributed by atoms with van der Waals surface area (Å²) in [5.74, 6) is -1.26. The number of terminal acetylenes is 1. The molecule has 1 rings (SSSR count). The van der Waals surface area contributed by atoms with Crippen molar-refractivity contribution in [1.29, 1.82) is 0 Å². The van der Waals surface area contributed by atoms with E-state index in [4.69, 9.17) is 11.2 Å². The molecule has 0 aromatic heterocycles. The van der Waals surface area contributed by atoms with Gasteiger partial charge in [-0.15, -0.1) is 0 Å². The fourth-order valence-corrected chi connectivity index (χ4v) is 2.31. The van der Waals surface area contributed by atoms with E-state index >= 15 is 0 Å². The number of rotatable bonds is 6. The van der Waals surface area contributed by atoms with Gasteiger partial charge in [0.2, 0.25) is 5.91 Å². The molecule has 0 radical (unpaired) electrons. The second-order valence-electron chi connectivity index (χ2n) is 7.41. The van der Waals surface area contributed by atoms with Crippen molar-refractivity contribution < 1.29 is 24.2 Å². The van der Waals surface area contributed by atoms with E-state index in [0.29, 0.717) is 5.56 Å². The number of carbonyl (C=O) groups excluding carboxylic acids is 3. The van der Waals surface area contributed by atoms with Crippen molar-refractivity contribution in [3.8, 4) is 18.2 Å². The van der Waals surface area contributed by atoms with Crippen molar-refractivity contribution in [2.45, 2.75) is 52.3 Å². The predicted octanol–water partition coefficient (Wildman–Crippen LogP) is 1.90. The van der Waals surface area contributed by atoms with Crippen molar-refractivity contribution >= 4 is 17.9 Å². The maximum Gasteiger partial charge on any atom is 0.408 e. The van der Waals surface area contributed by atoms with Crippen LogP contribution in [0.1, 0.15) is 46.2 Å². The van der Waals surface area contributed by atoms with Crippen LogP contribution in [-0.2, 0) is 14.3 Å². The van der Waals surface area contributed by atoms with Crippen LogP contribution in [0.25, 0.3) is 0 Å². The number of phenolic OH excluding ortho intramolecular Hbond substituents is 1. The highest BCUT2D eigenvalue weighted by molar-refractivity contribution is 5.91. The number of carbonyl (C=O) groups is 3. The van der Waals surface area contributed by atoms with Gasteiger partial charge in [-0.1, -0.05) is 18.6 Å². The first-order valence-electron chi connectivity index (χ1n) is 8.79. The summed E-state index contributed by atoms with van der Waals surface area (Å²) in [6, 6.07) is 6.73. The lowest BCUT2D eigenvalue weighted by Crippen LogP contribution is -2.46. The molecule has 0 spiro atoms. The lowest BCUT2D eigenvalue weighted by molar-refractivity contribution is -0.136. The number of nitrogens with zero attached hydrogens (tertiary/aromatic N) is 1. The van der Waals surface area contributed by atoms with Gasteiger partial charge in [0.15, 0.2) is 0 Å². The van der Waals surface area contributed by atoms with Crippen LogP contribution >= 0.6 is 0 Å². The van der Waals surface area contributed by atoms with Crippen molar-refractivity contribution in [1.82, 2.24) is 15.5 Å². The molecule has 1 unspecified atom stereocenters.